The van der Waals surface area contributed by atoms with Crippen molar-refractivity contribution in [1.82, 2.24) is 5.32 Å². The molecule has 0 aromatic carbocycles. The third-order valence-electron chi connectivity index (χ3n) is 3.77. The molecule has 2 nitrogen and oxygen atoms in total. The van der Waals surface area contributed by atoms with Gasteiger partial charge in [0.05, 0.1) is 0 Å². The summed E-state index contributed by atoms with van der Waals surface area (Å²) in [4.78, 5) is 1.47. The molecule has 1 aromatic heterocycles. The van der Waals surface area contributed by atoms with Crippen LogP contribution in [-0.2, 0) is 11.2 Å². The van der Waals surface area contributed by atoms with E-state index in [-0.39, 0.29) is 5.54 Å². The summed E-state index contributed by atoms with van der Waals surface area (Å²) in [6, 6.07) is 2.16. The zero-order valence-corrected chi connectivity index (χ0v) is 14.5. The molecule has 1 N–H and O–H groups in total. The van der Waals surface area contributed by atoms with Gasteiger partial charge in [0.25, 0.3) is 0 Å². The molecule has 0 unspecified atom stereocenters. The van der Waals surface area contributed by atoms with Gasteiger partial charge >= 0.3 is 0 Å². The average molecular weight is 346 g/mol. The quantitative estimate of drug-likeness (QED) is 0.881. The van der Waals surface area contributed by atoms with E-state index in [1.54, 1.807) is 0 Å². The predicted octanol–water partition coefficient (Wildman–Crippen LogP) is 4.24. The first kappa shape index (κ1) is 15.5. The number of ether oxygens (including phenoxy) is 1. The topological polar surface area (TPSA) is 21.3 Å². The van der Waals surface area contributed by atoms with Crippen LogP contribution in [0.4, 0.5) is 0 Å². The number of rotatable bonds is 4. The van der Waals surface area contributed by atoms with E-state index in [0.717, 1.165) is 39.0 Å². The minimum Gasteiger partial charge on any atom is -0.381 e. The highest BCUT2D eigenvalue weighted by molar-refractivity contribution is 9.10. The Labute approximate surface area is 129 Å². The lowest BCUT2D eigenvalue weighted by atomic mass is 9.76. The lowest BCUT2D eigenvalue weighted by Gasteiger charge is -2.39. The van der Waals surface area contributed by atoms with Crippen LogP contribution < -0.4 is 5.32 Å². The molecule has 19 heavy (non-hydrogen) atoms. The molecule has 0 spiro atoms. The van der Waals surface area contributed by atoms with Gasteiger partial charge in [0.15, 0.2) is 0 Å². The lowest BCUT2D eigenvalue weighted by Crippen LogP contribution is -2.47. The maximum absolute atomic E-state index is 5.57. The summed E-state index contributed by atoms with van der Waals surface area (Å²) >= 11 is 5.53. The van der Waals surface area contributed by atoms with Gasteiger partial charge in [0.2, 0.25) is 0 Å². The van der Waals surface area contributed by atoms with Crippen LogP contribution >= 0.6 is 27.3 Å². The Kier molecular flexibility index (Phi) is 5.09. The van der Waals surface area contributed by atoms with Crippen LogP contribution in [0.1, 0.15) is 38.5 Å². The van der Waals surface area contributed by atoms with Crippen LogP contribution in [0.15, 0.2) is 15.9 Å². The van der Waals surface area contributed by atoms with E-state index in [1.807, 2.05) is 11.3 Å². The maximum atomic E-state index is 5.57. The molecule has 0 aliphatic carbocycles. The summed E-state index contributed by atoms with van der Waals surface area (Å²) in [5.74, 6) is 0. The Bertz CT molecular complexity index is 405. The molecule has 0 atom stereocenters. The first-order valence-corrected chi connectivity index (χ1v) is 8.62. The van der Waals surface area contributed by atoms with Gasteiger partial charge in [-0.1, -0.05) is 0 Å². The highest BCUT2D eigenvalue weighted by atomic mass is 79.9. The van der Waals surface area contributed by atoms with Crippen molar-refractivity contribution < 1.29 is 4.74 Å². The molecule has 0 bridgehead atoms. The third kappa shape index (κ3) is 4.55. The smallest absolute Gasteiger partial charge is 0.0471 e. The largest absolute Gasteiger partial charge is 0.381 e. The second kappa shape index (κ2) is 6.25. The van der Waals surface area contributed by atoms with E-state index < -0.39 is 0 Å². The monoisotopic (exact) mass is 345 g/mol. The predicted molar refractivity (Wildman–Crippen MR) is 86.0 cm³/mol. The molecule has 0 amide bonds. The van der Waals surface area contributed by atoms with Crippen molar-refractivity contribution in [1.29, 1.82) is 0 Å². The van der Waals surface area contributed by atoms with Crippen LogP contribution in [-0.4, -0.2) is 25.3 Å². The molecule has 1 aliphatic heterocycles. The number of halogens is 1. The molecule has 1 aliphatic rings. The van der Waals surface area contributed by atoms with Crippen LogP contribution in [0.25, 0.3) is 0 Å². The fourth-order valence-electron chi connectivity index (χ4n) is 2.46. The van der Waals surface area contributed by atoms with Crippen molar-refractivity contribution in [2.75, 3.05) is 19.8 Å². The van der Waals surface area contributed by atoms with Crippen LogP contribution in [0.5, 0.6) is 0 Å². The molecule has 1 saturated heterocycles. The van der Waals surface area contributed by atoms with Crippen molar-refractivity contribution in [2.45, 2.75) is 45.6 Å². The number of hydrogen-bond donors (Lipinski definition) is 1. The summed E-state index contributed by atoms with van der Waals surface area (Å²) in [6.07, 6.45) is 3.46. The molecular weight excluding hydrogens is 322 g/mol. The van der Waals surface area contributed by atoms with Crippen LogP contribution in [0, 0.1) is 5.41 Å². The fourth-order valence-corrected chi connectivity index (χ4v) is 4.13. The van der Waals surface area contributed by atoms with E-state index in [4.69, 9.17) is 4.74 Å². The Morgan fingerprint density at radius 3 is 2.58 bits per heavy atom. The Balaban J connectivity index is 2.08. The second-order valence-electron chi connectivity index (χ2n) is 6.58. The first-order valence-electron chi connectivity index (χ1n) is 6.95. The maximum Gasteiger partial charge on any atom is 0.0471 e. The molecule has 0 radical (unpaired) electrons. The minimum atomic E-state index is 0.179. The van der Waals surface area contributed by atoms with E-state index >= 15 is 0 Å². The van der Waals surface area contributed by atoms with Crippen molar-refractivity contribution in [3.05, 3.63) is 20.8 Å². The molecule has 4 heteroatoms. The van der Waals surface area contributed by atoms with Gasteiger partial charge in [0, 0.05) is 34.6 Å². The van der Waals surface area contributed by atoms with Gasteiger partial charge in [-0.25, -0.2) is 0 Å². The summed E-state index contributed by atoms with van der Waals surface area (Å²) in [6.45, 7) is 9.58. The van der Waals surface area contributed by atoms with E-state index in [2.05, 4.69) is 53.5 Å². The zero-order valence-electron chi connectivity index (χ0n) is 12.1. The van der Waals surface area contributed by atoms with Gasteiger partial charge < -0.3 is 10.1 Å². The Morgan fingerprint density at radius 2 is 2.05 bits per heavy atom. The molecule has 2 rings (SSSR count). The van der Waals surface area contributed by atoms with Crippen molar-refractivity contribution in [2.24, 2.45) is 5.41 Å². The van der Waals surface area contributed by atoms with Crippen LogP contribution in [0.3, 0.4) is 0 Å². The molecule has 1 aromatic rings. The Hall–Kier alpha value is 0.1000. The number of thiophene rings is 1. The SMILES string of the molecule is CC(C)(C)NCC1(Cc2sccc2Br)CCOCC1. The summed E-state index contributed by atoms with van der Waals surface area (Å²) in [5, 5.41) is 5.87. The molecule has 108 valence electrons. The number of nitrogens with one attached hydrogen (secondary N) is 1. The summed E-state index contributed by atoms with van der Waals surface area (Å²) in [5.41, 5.74) is 0.525. The second-order valence-corrected chi connectivity index (χ2v) is 8.44. The van der Waals surface area contributed by atoms with Gasteiger partial charge in [-0.2, -0.15) is 0 Å². The van der Waals surface area contributed by atoms with Crippen molar-refractivity contribution in [3.8, 4) is 0 Å². The van der Waals surface area contributed by atoms with Crippen LogP contribution in [0.2, 0.25) is 0 Å². The number of hydrogen-bond acceptors (Lipinski definition) is 3. The molecule has 0 saturated carbocycles. The van der Waals surface area contributed by atoms with Gasteiger partial charge in [-0.15, -0.1) is 11.3 Å². The zero-order chi connectivity index (χ0) is 13.9. The summed E-state index contributed by atoms with van der Waals surface area (Å²) in [7, 11) is 0. The summed E-state index contributed by atoms with van der Waals surface area (Å²) < 4.78 is 6.83. The van der Waals surface area contributed by atoms with Gasteiger partial charge in [-0.3, -0.25) is 0 Å². The fraction of sp³-hybridized carbons (Fsp3) is 0.733. The third-order valence-corrected chi connectivity index (χ3v) is 5.70. The molecule has 1 fully saturated rings. The van der Waals surface area contributed by atoms with Crippen molar-refractivity contribution >= 4 is 27.3 Å². The Morgan fingerprint density at radius 1 is 1.37 bits per heavy atom. The molecular formula is C15H24BrNOS. The normalized spacial score (nSPS) is 19.6. The highest BCUT2D eigenvalue weighted by Gasteiger charge is 2.34. The standard InChI is InChI=1S/C15H24BrNOS/c1-14(2,3)17-11-15(5-7-18-8-6-15)10-13-12(16)4-9-19-13/h4,9,17H,5-8,10-11H2,1-3H3. The molecule has 2 heterocycles. The van der Waals surface area contributed by atoms with E-state index in [1.165, 1.54) is 9.35 Å². The minimum absolute atomic E-state index is 0.179. The lowest BCUT2D eigenvalue weighted by molar-refractivity contribution is 0.0124. The van der Waals surface area contributed by atoms with E-state index in [0.29, 0.717) is 5.41 Å². The average Bonchev–Trinajstić information content (AvgIpc) is 2.73. The first-order chi connectivity index (χ1) is 8.90. The van der Waals surface area contributed by atoms with Gasteiger partial charge in [0.1, 0.15) is 0 Å². The highest BCUT2D eigenvalue weighted by Crippen LogP contribution is 2.38. The van der Waals surface area contributed by atoms with E-state index in [9.17, 15) is 0 Å². The van der Waals surface area contributed by atoms with Gasteiger partial charge in [-0.05, 0) is 72.8 Å². The van der Waals surface area contributed by atoms with Crippen molar-refractivity contribution in [3.63, 3.8) is 0 Å².